The summed E-state index contributed by atoms with van der Waals surface area (Å²) in [6.45, 7) is 6.22. The summed E-state index contributed by atoms with van der Waals surface area (Å²) in [7, 11) is 10.7. The van der Waals surface area contributed by atoms with Crippen LogP contribution in [0.5, 0.6) is 0 Å². The molecular weight excluding hydrogens is 691 g/mol. The number of rotatable bonds is 2. The largest absolute Gasteiger partial charge is 0.358 e. The third-order valence-electron chi connectivity index (χ3n) is 8.17. The van der Waals surface area contributed by atoms with Crippen molar-refractivity contribution in [1.82, 2.24) is 0 Å². The third kappa shape index (κ3) is 8.10. The maximum Gasteiger partial charge on any atom is -0.0114 e. The molecule has 0 saturated carbocycles. The maximum absolute atomic E-state index is 5.37. The minimum atomic E-state index is -1.76. The van der Waals surface area contributed by atoms with Crippen molar-refractivity contribution in [1.29, 1.82) is 0 Å². The molecule has 0 heterocycles. The molecule has 0 fully saturated rings. The fourth-order valence-corrected chi connectivity index (χ4v) is 6.16. The van der Waals surface area contributed by atoms with Gasteiger partial charge in [0.25, 0.3) is 0 Å². The van der Waals surface area contributed by atoms with Gasteiger partial charge in [0.15, 0.2) is 0 Å². The smallest absolute Gasteiger partial charge is 0.0114 e. The molecule has 47 heavy (non-hydrogen) atoms. The molecule has 3 heteroatoms. The van der Waals surface area contributed by atoms with Gasteiger partial charge in [-0.3, -0.25) is 0 Å². The summed E-state index contributed by atoms with van der Waals surface area (Å²) in [4.78, 5) is 0. The van der Waals surface area contributed by atoms with Crippen molar-refractivity contribution in [3.05, 3.63) is 172 Å². The van der Waals surface area contributed by atoms with Gasteiger partial charge in [-0.05, 0) is 32.7 Å². The van der Waals surface area contributed by atoms with Gasteiger partial charge in [0.05, 0.1) is 0 Å². The van der Waals surface area contributed by atoms with Gasteiger partial charge in [0.2, 0.25) is 0 Å². The molecule has 0 atom stereocenters. The fourth-order valence-electron chi connectivity index (χ4n) is 6.16. The Morgan fingerprint density at radius 3 is 1.17 bits per heavy atom. The minimum absolute atomic E-state index is 0. The first-order valence-corrected chi connectivity index (χ1v) is 22.9. The van der Waals surface area contributed by atoms with Crippen LogP contribution in [0.15, 0.2) is 146 Å². The van der Waals surface area contributed by atoms with E-state index in [-0.39, 0.29) is 14.9 Å². The molecule has 0 aliphatic carbocycles. The molecule has 0 saturated heterocycles. The molecule has 238 valence electrons. The van der Waals surface area contributed by atoms with Crippen LogP contribution in [0.4, 0.5) is 0 Å². The Balaban J connectivity index is 0.000000180. The molecule has 0 N–H and O–H groups in total. The molecule has 0 aliphatic heterocycles. The van der Waals surface area contributed by atoms with Gasteiger partial charge in [0, 0.05) is 0 Å². The number of aryl methyl sites for hydroxylation is 2. The van der Waals surface area contributed by atoms with E-state index in [9.17, 15) is 0 Å². The molecular formula is C44H40Cl2Zr-4. The van der Waals surface area contributed by atoms with Gasteiger partial charge in [-0.25, -0.2) is 0 Å². The Kier molecular flexibility index (Phi) is 12.7. The van der Waals surface area contributed by atoms with Crippen LogP contribution in [0.2, 0.25) is 0 Å². The number of hydrogen-bond acceptors (Lipinski definition) is 0. The predicted molar refractivity (Wildman–Crippen MR) is 211 cm³/mol. The first kappa shape index (κ1) is 36.2. The summed E-state index contributed by atoms with van der Waals surface area (Å²) < 4.78 is 1.89. The zero-order valence-corrected chi connectivity index (χ0v) is 31.7. The van der Waals surface area contributed by atoms with Crippen LogP contribution in [0.25, 0.3) is 65.3 Å². The average Bonchev–Trinajstić information content (AvgIpc) is 3.65. The molecule has 0 aromatic heterocycles. The van der Waals surface area contributed by atoms with Crippen LogP contribution in [0.1, 0.15) is 18.1 Å². The van der Waals surface area contributed by atoms with Crippen molar-refractivity contribution >= 4 is 63.8 Å². The zero-order valence-electron chi connectivity index (χ0n) is 27.7. The molecule has 0 amide bonds. The summed E-state index contributed by atoms with van der Waals surface area (Å²) in [5.74, 6) is 0. The number of benzene rings is 6. The van der Waals surface area contributed by atoms with E-state index in [1.165, 1.54) is 76.5 Å². The summed E-state index contributed by atoms with van der Waals surface area (Å²) in [5, 5.41) is 10.6. The normalized spacial score (nSPS) is 10.3. The van der Waals surface area contributed by atoms with Gasteiger partial charge in [0.1, 0.15) is 0 Å². The van der Waals surface area contributed by atoms with Crippen LogP contribution in [-0.2, 0) is 18.9 Å². The molecule has 8 aromatic carbocycles. The van der Waals surface area contributed by atoms with Gasteiger partial charge in [-0.2, -0.15) is 12.1 Å². The van der Waals surface area contributed by atoms with Crippen molar-refractivity contribution in [3.63, 3.8) is 0 Å². The summed E-state index contributed by atoms with van der Waals surface area (Å²) in [6.07, 6.45) is 0. The van der Waals surface area contributed by atoms with E-state index in [1.54, 1.807) is 0 Å². The van der Waals surface area contributed by atoms with Crippen molar-refractivity contribution in [3.8, 4) is 22.3 Å². The fraction of sp³-hybridized carbons (Fsp3) is 0.0682. The van der Waals surface area contributed by atoms with E-state index in [1.807, 2.05) is 10.6 Å². The Morgan fingerprint density at radius 2 is 0.787 bits per heavy atom. The third-order valence-corrected chi connectivity index (χ3v) is 11.8. The van der Waals surface area contributed by atoms with Crippen LogP contribution >= 0.6 is 17.0 Å². The molecule has 0 unspecified atom stereocenters. The van der Waals surface area contributed by atoms with E-state index >= 15 is 0 Å². The first-order valence-electron chi connectivity index (χ1n) is 15.2. The second kappa shape index (κ2) is 16.5. The van der Waals surface area contributed by atoms with Crippen molar-refractivity contribution in [2.45, 2.75) is 20.8 Å². The van der Waals surface area contributed by atoms with Crippen LogP contribution in [0, 0.1) is 28.7 Å². The van der Waals surface area contributed by atoms with E-state index in [0.717, 1.165) is 0 Å². The van der Waals surface area contributed by atoms with Crippen LogP contribution in [-0.4, -0.2) is 3.71 Å². The number of halogens is 2. The van der Waals surface area contributed by atoms with Gasteiger partial charge in [-0.1, -0.05) is 122 Å². The van der Waals surface area contributed by atoms with Crippen molar-refractivity contribution in [2.24, 2.45) is 0 Å². The molecule has 8 rings (SSSR count). The second-order valence-corrected chi connectivity index (χ2v) is 20.1. The molecule has 8 aromatic rings. The molecule has 0 spiro atoms. The van der Waals surface area contributed by atoms with Crippen molar-refractivity contribution in [2.75, 3.05) is 0 Å². The van der Waals surface area contributed by atoms with Gasteiger partial charge >= 0.3 is 46.5 Å². The monoisotopic (exact) mass is 728 g/mol. The van der Waals surface area contributed by atoms with Crippen molar-refractivity contribution < 1.29 is 18.9 Å². The van der Waals surface area contributed by atoms with Gasteiger partial charge < -0.3 is 14.9 Å². The quantitative estimate of drug-likeness (QED) is 0.155. The van der Waals surface area contributed by atoms with E-state index in [0.29, 0.717) is 0 Å². The van der Waals surface area contributed by atoms with E-state index in [4.69, 9.17) is 17.0 Å². The Morgan fingerprint density at radius 1 is 0.468 bits per heavy atom. The first-order chi connectivity index (χ1) is 21.9. The van der Waals surface area contributed by atoms with E-state index in [2.05, 4.69) is 159 Å². The number of fused-ring (bicyclic) bond motifs is 4. The van der Waals surface area contributed by atoms with Crippen LogP contribution < -0.4 is 0 Å². The van der Waals surface area contributed by atoms with Crippen LogP contribution in [0.3, 0.4) is 0 Å². The predicted octanol–water partition coefficient (Wildman–Crippen LogP) is 14.0. The Labute approximate surface area is 295 Å². The Bertz CT molecular complexity index is 2110. The maximum atomic E-state index is 5.37. The molecule has 0 aliphatic rings. The van der Waals surface area contributed by atoms with Gasteiger partial charge in [-0.15, -0.1) is 69.1 Å². The topological polar surface area (TPSA) is 0 Å². The summed E-state index contributed by atoms with van der Waals surface area (Å²) >= 11 is -1.76. The van der Waals surface area contributed by atoms with E-state index < -0.39 is 18.9 Å². The second-order valence-electron chi connectivity index (χ2n) is 11.3. The summed E-state index contributed by atoms with van der Waals surface area (Å²) in [6, 6.07) is 52.5. The SMILES string of the molecule is C[CH]=[Zr]([Cl])[Cl].Cc1cc2c(-c3cccc4ccccc34)cccc2[cH-]1.Cc1cc2c(-c3cccc4ccccc34)cccc2[cH-]1.[CH3-].[CH3-]. The number of hydrogen-bond donors (Lipinski definition) is 0. The average molecular weight is 731 g/mol. The molecule has 0 nitrogen and oxygen atoms in total. The molecule has 0 bridgehead atoms. The standard InChI is InChI=1S/2C20H15.C2H4.2CH3.2ClH.Zr/c2*1-14-12-16-8-5-11-19(20(16)13-14)18-10-4-7-15-6-2-3-9-17(15)18;1-2;;;;;/h2*2-13H,1H3;1H,2H3;2*1H3;2*1H;/q2*-1;;2*-1;;;+2/p-2. The minimum Gasteiger partial charge on any atom is -0.358 e. The Hall–Kier alpha value is -3.61. The zero-order chi connectivity index (χ0) is 31.3. The summed E-state index contributed by atoms with van der Waals surface area (Å²) in [5.41, 5.74) is 7.94. The molecule has 0 radical (unpaired) electrons.